The van der Waals surface area contributed by atoms with Gasteiger partial charge in [0.25, 0.3) is 0 Å². The molecule has 1 unspecified atom stereocenters. The number of anilines is 1. The van der Waals surface area contributed by atoms with Gasteiger partial charge in [0, 0.05) is 30.7 Å². The first-order valence-corrected chi connectivity index (χ1v) is 8.37. The Balaban J connectivity index is 1.70. The predicted molar refractivity (Wildman–Crippen MR) is 99.8 cm³/mol. The molecule has 4 aromatic rings. The highest BCUT2D eigenvalue weighted by Gasteiger charge is 2.14. The van der Waals surface area contributed by atoms with Gasteiger partial charge in [-0.2, -0.15) is 5.10 Å². The van der Waals surface area contributed by atoms with E-state index in [9.17, 15) is 0 Å². The Hall–Kier alpha value is -3.48. The van der Waals surface area contributed by atoms with E-state index in [1.165, 1.54) is 5.56 Å². The van der Waals surface area contributed by atoms with Crippen LogP contribution < -0.4 is 5.73 Å². The van der Waals surface area contributed by atoms with Crippen molar-refractivity contribution >= 4 is 5.82 Å². The van der Waals surface area contributed by atoms with Crippen LogP contribution in [0.1, 0.15) is 24.4 Å². The number of nitrogens with two attached hydrogens (primary N) is 1. The highest BCUT2D eigenvalue weighted by atomic mass is 15.3. The minimum Gasteiger partial charge on any atom is -0.384 e. The fourth-order valence-corrected chi connectivity index (χ4v) is 2.94. The quantitative estimate of drug-likeness (QED) is 0.614. The van der Waals surface area contributed by atoms with Gasteiger partial charge in [0.05, 0.1) is 6.04 Å². The van der Waals surface area contributed by atoms with Crippen LogP contribution >= 0.6 is 0 Å². The van der Waals surface area contributed by atoms with Gasteiger partial charge in [0.15, 0.2) is 11.6 Å². The summed E-state index contributed by atoms with van der Waals surface area (Å²) in [5.74, 6) is 2.48. The number of nitrogens with zero attached hydrogens (tertiary/aromatic N) is 6. The van der Waals surface area contributed by atoms with Crippen LogP contribution in [0.4, 0.5) is 5.82 Å². The van der Waals surface area contributed by atoms with E-state index in [2.05, 4.69) is 34.0 Å². The zero-order chi connectivity index (χ0) is 18.1. The number of nitrogen functional groups attached to an aromatic ring is 1. The Kier molecular flexibility index (Phi) is 3.96. The number of imidazole rings is 1. The molecule has 1 atom stereocenters. The van der Waals surface area contributed by atoms with E-state index in [-0.39, 0.29) is 6.04 Å². The molecule has 0 amide bonds. The number of hydrogen-bond acceptors (Lipinski definition) is 5. The summed E-state index contributed by atoms with van der Waals surface area (Å²) in [5.41, 5.74) is 7.73. The molecule has 0 aliphatic heterocycles. The summed E-state index contributed by atoms with van der Waals surface area (Å²) in [6.45, 7) is 3.93. The lowest BCUT2D eigenvalue weighted by Crippen LogP contribution is -2.08. The first-order chi connectivity index (χ1) is 12.6. The molecule has 0 aliphatic carbocycles. The third-order valence-electron chi connectivity index (χ3n) is 4.25. The van der Waals surface area contributed by atoms with Crippen molar-refractivity contribution in [2.24, 2.45) is 0 Å². The molecule has 0 saturated heterocycles. The van der Waals surface area contributed by atoms with Crippen molar-refractivity contribution in [3.63, 3.8) is 0 Å². The highest BCUT2D eigenvalue weighted by Crippen LogP contribution is 2.22. The summed E-state index contributed by atoms with van der Waals surface area (Å²) >= 11 is 0. The smallest absolute Gasteiger partial charge is 0.164 e. The van der Waals surface area contributed by atoms with Gasteiger partial charge in [-0.25, -0.2) is 15.0 Å². The normalized spacial score (nSPS) is 12.2. The molecule has 0 fully saturated rings. The molecule has 7 nitrogen and oxygen atoms in total. The summed E-state index contributed by atoms with van der Waals surface area (Å²) in [5, 5.41) is 4.73. The molecular formula is C19H19N7. The van der Waals surface area contributed by atoms with Gasteiger partial charge in [0.2, 0.25) is 0 Å². The molecule has 0 spiro atoms. The number of aryl methyl sites for hydroxylation is 1. The van der Waals surface area contributed by atoms with Crippen LogP contribution in [0.15, 0.2) is 61.1 Å². The monoisotopic (exact) mass is 345 g/mol. The van der Waals surface area contributed by atoms with Crippen molar-refractivity contribution in [2.45, 2.75) is 19.9 Å². The second-order valence-corrected chi connectivity index (χ2v) is 6.09. The molecule has 130 valence electrons. The third-order valence-corrected chi connectivity index (χ3v) is 4.25. The van der Waals surface area contributed by atoms with Crippen molar-refractivity contribution in [1.29, 1.82) is 0 Å². The van der Waals surface area contributed by atoms with Crippen molar-refractivity contribution < 1.29 is 0 Å². The minimum absolute atomic E-state index is 0.133. The van der Waals surface area contributed by atoms with Crippen molar-refractivity contribution in [1.82, 2.24) is 29.3 Å². The highest BCUT2D eigenvalue weighted by molar-refractivity contribution is 5.56. The van der Waals surface area contributed by atoms with Gasteiger partial charge >= 0.3 is 0 Å². The third kappa shape index (κ3) is 2.95. The summed E-state index contributed by atoms with van der Waals surface area (Å²) in [7, 11) is 0. The molecular weight excluding hydrogens is 326 g/mol. The Bertz CT molecular complexity index is 1010. The first kappa shape index (κ1) is 16.0. The Labute approximate surface area is 151 Å². The zero-order valence-electron chi connectivity index (χ0n) is 14.6. The first-order valence-electron chi connectivity index (χ1n) is 8.37. The van der Waals surface area contributed by atoms with Crippen molar-refractivity contribution in [2.75, 3.05) is 5.73 Å². The Morgan fingerprint density at radius 3 is 2.62 bits per heavy atom. The minimum atomic E-state index is 0.133. The second kappa shape index (κ2) is 6.44. The van der Waals surface area contributed by atoms with Gasteiger partial charge in [-0.3, -0.25) is 9.25 Å². The maximum atomic E-state index is 5.85. The average molecular weight is 345 g/mol. The molecule has 0 radical (unpaired) electrons. The maximum Gasteiger partial charge on any atom is 0.164 e. The van der Waals surface area contributed by atoms with Gasteiger partial charge in [0.1, 0.15) is 17.3 Å². The lowest BCUT2D eigenvalue weighted by Gasteiger charge is -2.12. The largest absolute Gasteiger partial charge is 0.384 e. The number of benzene rings is 1. The number of rotatable bonds is 4. The number of aromatic nitrogens is 6. The standard InChI is InChI=1S/C19H19N7/c1-13(15-6-4-3-5-7-15)26-10-8-18(24-26)25-11-9-21-19(25)16-12-17(20)23-14(2)22-16/h3-13H,1-2H3,(H2,20,22,23). The summed E-state index contributed by atoms with van der Waals surface area (Å²) < 4.78 is 3.84. The molecule has 7 heteroatoms. The second-order valence-electron chi connectivity index (χ2n) is 6.09. The van der Waals surface area contributed by atoms with Crippen LogP contribution in [0.2, 0.25) is 0 Å². The molecule has 0 bridgehead atoms. The van der Waals surface area contributed by atoms with Crippen LogP contribution in [0.25, 0.3) is 17.3 Å². The van der Waals surface area contributed by atoms with E-state index < -0.39 is 0 Å². The van der Waals surface area contributed by atoms with Gasteiger partial charge < -0.3 is 5.73 Å². The molecule has 3 heterocycles. The molecule has 4 rings (SSSR count). The van der Waals surface area contributed by atoms with Gasteiger partial charge in [-0.15, -0.1) is 0 Å². The zero-order valence-corrected chi connectivity index (χ0v) is 14.6. The van der Waals surface area contributed by atoms with Crippen LogP contribution in [0.3, 0.4) is 0 Å². The van der Waals surface area contributed by atoms with E-state index in [1.807, 2.05) is 52.8 Å². The predicted octanol–water partition coefficient (Wildman–Crippen LogP) is 3.03. The van der Waals surface area contributed by atoms with E-state index in [1.54, 1.807) is 12.3 Å². The van der Waals surface area contributed by atoms with Gasteiger partial charge in [-0.05, 0) is 19.4 Å². The van der Waals surface area contributed by atoms with E-state index in [0.717, 1.165) is 5.82 Å². The molecule has 1 aromatic carbocycles. The Morgan fingerprint density at radius 1 is 1.04 bits per heavy atom. The van der Waals surface area contributed by atoms with Crippen LogP contribution in [0, 0.1) is 6.92 Å². The Morgan fingerprint density at radius 2 is 1.85 bits per heavy atom. The van der Waals surface area contributed by atoms with Crippen molar-refractivity contribution in [3.8, 4) is 17.3 Å². The molecule has 3 aromatic heterocycles. The van der Waals surface area contributed by atoms with Crippen LogP contribution in [0.5, 0.6) is 0 Å². The lowest BCUT2D eigenvalue weighted by atomic mass is 10.1. The van der Waals surface area contributed by atoms with Crippen molar-refractivity contribution in [3.05, 3.63) is 72.4 Å². The molecule has 2 N–H and O–H groups in total. The maximum absolute atomic E-state index is 5.85. The fourth-order valence-electron chi connectivity index (χ4n) is 2.94. The average Bonchev–Trinajstić information content (AvgIpc) is 3.30. The van der Waals surface area contributed by atoms with E-state index in [0.29, 0.717) is 23.2 Å². The van der Waals surface area contributed by atoms with E-state index in [4.69, 9.17) is 10.8 Å². The van der Waals surface area contributed by atoms with Gasteiger partial charge in [-0.1, -0.05) is 30.3 Å². The summed E-state index contributed by atoms with van der Waals surface area (Å²) in [4.78, 5) is 13.0. The topological polar surface area (TPSA) is 87.4 Å². The molecule has 0 saturated carbocycles. The fraction of sp³-hybridized carbons (Fsp3) is 0.158. The van der Waals surface area contributed by atoms with E-state index >= 15 is 0 Å². The molecule has 0 aliphatic rings. The molecule has 26 heavy (non-hydrogen) atoms. The summed E-state index contributed by atoms with van der Waals surface area (Å²) in [6, 6.07) is 14.1. The van der Waals surface area contributed by atoms with Crippen LogP contribution in [-0.4, -0.2) is 29.3 Å². The SMILES string of the molecule is Cc1nc(N)cc(-c2nccn2-c2ccn(C(C)c3ccccc3)n2)n1. The number of hydrogen-bond donors (Lipinski definition) is 1. The lowest BCUT2D eigenvalue weighted by molar-refractivity contribution is 0.561. The van der Waals surface area contributed by atoms with Crippen LogP contribution in [-0.2, 0) is 0 Å². The summed E-state index contributed by atoms with van der Waals surface area (Å²) in [6.07, 6.45) is 5.56.